The van der Waals surface area contributed by atoms with Crippen LogP contribution < -0.4 is 0 Å². The third-order valence-corrected chi connectivity index (χ3v) is 5.51. The Hall–Kier alpha value is 0. The van der Waals surface area contributed by atoms with Gasteiger partial charge in [0.15, 0.2) is 0 Å². The fraction of sp³-hybridized carbons (Fsp3) is 1.00. The van der Waals surface area contributed by atoms with Crippen molar-refractivity contribution < 1.29 is 0 Å². The number of rotatable bonds is 1. The van der Waals surface area contributed by atoms with Crippen molar-refractivity contribution >= 4 is 0 Å². The zero-order chi connectivity index (χ0) is 9.53. The molecule has 0 nitrogen and oxygen atoms in total. The molecule has 0 bridgehead atoms. The normalized spacial score (nSPS) is 44.1. The maximum atomic E-state index is 2.57. The van der Waals surface area contributed by atoms with Crippen molar-refractivity contribution in [1.29, 1.82) is 0 Å². The lowest BCUT2D eigenvalue weighted by Crippen LogP contribution is -2.37. The van der Waals surface area contributed by atoms with Crippen LogP contribution in [0.4, 0.5) is 0 Å². The van der Waals surface area contributed by atoms with Gasteiger partial charge < -0.3 is 0 Å². The zero-order valence-electron chi connectivity index (χ0n) is 9.53. The monoisotopic (exact) mass is 180 g/mol. The molecule has 0 N–H and O–H groups in total. The summed E-state index contributed by atoms with van der Waals surface area (Å²) in [5.74, 6) is 0.968. The van der Waals surface area contributed by atoms with Crippen LogP contribution in [0.25, 0.3) is 0 Å². The highest BCUT2D eigenvalue weighted by Crippen LogP contribution is 2.60. The van der Waals surface area contributed by atoms with Crippen molar-refractivity contribution in [3.05, 3.63) is 0 Å². The number of hydrogen-bond acceptors (Lipinski definition) is 0. The van der Waals surface area contributed by atoms with Crippen LogP contribution in [0.2, 0.25) is 0 Å². The van der Waals surface area contributed by atoms with E-state index in [1.165, 1.54) is 44.9 Å². The van der Waals surface area contributed by atoms with Crippen LogP contribution in [0.3, 0.4) is 0 Å². The topological polar surface area (TPSA) is 0 Å². The third-order valence-electron chi connectivity index (χ3n) is 5.51. The van der Waals surface area contributed by atoms with E-state index in [-0.39, 0.29) is 0 Å². The van der Waals surface area contributed by atoms with Crippen LogP contribution >= 0.6 is 0 Å². The van der Waals surface area contributed by atoms with Gasteiger partial charge in [-0.2, -0.15) is 0 Å². The average Bonchev–Trinajstić information content (AvgIpc) is 2.63. The minimum absolute atomic E-state index is 0.670. The fourth-order valence-corrected chi connectivity index (χ4v) is 3.96. The summed E-state index contributed by atoms with van der Waals surface area (Å²) in [5.41, 5.74) is 1.35. The molecule has 0 aromatic heterocycles. The largest absolute Gasteiger partial charge is 0.0620 e. The SMILES string of the molecule is CC1CCCC1(C)C1(C)CCCC1. The predicted molar refractivity (Wildman–Crippen MR) is 57.7 cm³/mol. The second kappa shape index (κ2) is 3.00. The van der Waals surface area contributed by atoms with Gasteiger partial charge >= 0.3 is 0 Å². The molecular weight excluding hydrogens is 156 g/mol. The minimum atomic E-state index is 0.670. The van der Waals surface area contributed by atoms with E-state index < -0.39 is 0 Å². The molecule has 76 valence electrons. The molecule has 0 heteroatoms. The Morgan fingerprint density at radius 1 is 0.923 bits per heavy atom. The van der Waals surface area contributed by atoms with Crippen molar-refractivity contribution in [3.63, 3.8) is 0 Å². The molecule has 0 heterocycles. The summed E-state index contributed by atoms with van der Waals surface area (Å²) in [6, 6.07) is 0. The first-order valence-electron chi connectivity index (χ1n) is 6.08. The van der Waals surface area contributed by atoms with Gasteiger partial charge in [-0.1, -0.05) is 46.5 Å². The van der Waals surface area contributed by atoms with Crippen LogP contribution in [-0.2, 0) is 0 Å². The van der Waals surface area contributed by atoms with E-state index in [1.807, 2.05) is 0 Å². The van der Waals surface area contributed by atoms with Crippen LogP contribution in [0, 0.1) is 16.7 Å². The molecule has 2 rings (SSSR count). The van der Waals surface area contributed by atoms with Gasteiger partial charge in [-0.25, -0.2) is 0 Å². The zero-order valence-corrected chi connectivity index (χ0v) is 9.53. The van der Waals surface area contributed by atoms with E-state index in [1.54, 1.807) is 0 Å². The van der Waals surface area contributed by atoms with Gasteiger partial charge in [0.25, 0.3) is 0 Å². The van der Waals surface area contributed by atoms with E-state index in [0.29, 0.717) is 10.8 Å². The lowest BCUT2D eigenvalue weighted by Gasteiger charge is -2.45. The van der Waals surface area contributed by atoms with Crippen molar-refractivity contribution in [2.45, 2.75) is 65.7 Å². The second-order valence-corrected chi connectivity index (χ2v) is 5.98. The standard InChI is InChI=1S/C13H24/c1-11-7-6-10-13(11,3)12(2)8-4-5-9-12/h11H,4-10H2,1-3H3. The molecule has 0 amide bonds. The third kappa shape index (κ3) is 1.25. The Labute approximate surface area is 83.1 Å². The molecule has 0 radical (unpaired) electrons. The second-order valence-electron chi connectivity index (χ2n) is 5.98. The first-order valence-corrected chi connectivity index (χ1v) is 6.08. The van der Waals surface area contributed by atoms with Crippen molar-refractivity contribution in [1.82, 2.24) is 0 Å². The molecule has 2 atom stereocenters. The Morgan fingerprint density at radius 3 is 2.00 bits per heavy atom. The number of hydrogen-bond donors (Lipinski definition) is 0. The maximum absolute atomic E-state index is 2.57. The van der Waals surface area contributed by atoms with Crippen LogP contribution in [0.1, 0.15) is 65.7 Å². The van der Waals surface area contributed by atoms with E-state index >= 15 is 0 Å². The van der Waals surface area contributed by atoms with E-state index in [0.717, 1.165) is 5.92 Å². The summed E-state index contributed by atoms with van der Waals surface area (Å²) in [7, 11) is 0. The molecule has 0 aromatic carbocycles. The Balaban J connectivity index is 2.21. The molecule has 2 aliphatic rings. The lowest BCUT2D eigenvalue weighted by molar-refractivity contribution is 0.0405. The van der Waals surface area contributed by atoms with Gasteiger partial charge in [0.1, 0.15) is 0 Å². The smallest absolute Gasteiger partial charge is 0.0246 e. The fourth-order valence-electron chi connectivity index (χ4n) is 3.96. The van der Waals surface area contributed by atoms with E-state index in [4.69, 9.17) is 0 Å². The highest BCUT2D eigenvalue weighted by molar-refractivity contribution is 5.00. The van der Waals surface area contributed by atoms with Gasteiger partial charge in [0.2, 0.25) is 0 Å². The van der Waals surface area contributed by atoms with Crippen LogP contribution in [0.15, 0.2) is 0 Å². The van der Waals surface area contributed by atoms with E-state index in [2.05, 4.69) is 20.8 Å². The maximum Gasteiger partial charge on any atom is -0.0246 e. The Kier molecular flexibility index (Phi) is 2.20. The van der Waals surface area contributed by atoms with Gasteiger partial charge in [0, 0.05) is 0 Å². The molecule has 2 aliphatic carbocycles. The highest BCUT2D eigenvalue weighted by atomic mass is 14.5. The van der Waals surface area contributed by atoms with Crippen molar-refractivity contribution in [2.75, 3.05) is 0 Å². The molecule has 2 saturated carbocycles. The molecular formula is C13H24. The van der Waals surface area contributed by atoms with Crippen molar-refractivity contribution in [2.24, 2.45) is 16.7 Å². The van der Waals surface area contributed by atoms with Gasteiger partial charge in [-0.05, 0) is 36.0 Å². The Morgan fingerprint density at radius 2 is 1.54 bits per heavy atom. The van der Waals surface area contributed by atoms with Gasteiger partial charge in [-0.3, -0.25) is 0 Å². The first-order chi connectivity index (χ1) is 6.08. The average molecular weight is 180 g/mol. The molecule has 0 spiro atoms. The summed E-state index contributed by atoms with van der Waals surface area (Å²) in [4.78, 5) is 0. The minimum Gasteiger partial charge on any atom is -0.0620 e. The summed E-state index contributed by atoms with van der Waals surface area (Å²) in [6.45, 7) is 7.61. The molecule has 2 unspecified atom stereocenters. The molecule has 13 heavy (non-hydrogen) atoms. The van der Waals surface area contributed by atoms with Crippen LogP contribution in [-0.4, -0.2) is 0 Å². The summed E-state index contributed by atoms with van der Waals surface area (Å²) < 4.78 is 0. The summed E-state index contributed by atoms with van der Waals surface area (Å²) in [6.07, 6.45) is 10.4. The van der Waals surface area contributed by atoms with Crippen LogP contribution in [0.5, 0.6) is 0 Å². The lowest BCUT2D eigenvalue weighted by atomic mass is 9.60. The summed E-state index contributed by atoms with van der Waals surface area (Å²) >= 11 is 0. The predicted octanol–water partition coefficient (Wildman–Crippen LogP) is 4.39. The highest BCUT2D eigenvalue weighted by Gasteiger charge is 2.50. The first kappa shape index (κ1) is 9.55. The molecule has 2 fully saturated rings. The molecule has 0 saturated heterocycles. The molecule has 0 aromatic rings. The summed E-state index contributed by atoms with van der Waals surface area (Å²) in [5, 5.41) is 0. The van der Waals surface area contributed by atoms with Gasteiger partial charge in [-0.15, -0.1) is 0 Å². The Bertz CT molecular complexity index is 188. The van der Waals surface area contributed by atoms with Crippen molar-refractivity contribution in [3.8, 4) is 0 Å². The molecule has 0 aliphatic heterocycles. The van der Waals surface area contributed by atoms with E-state index in [9.17, 15) is 0 Å². The quantitative estimate of drug-likeness (QED) is 0.561. The van der Waals surface area contributed by atoms with Gasteiger partial charge in [0.05, 0.1) is 0 Å².